The van der Waals surface area contributed by atoms with Gasteiger partial charge >= 0.3 is 0 Å². The van der Waals surface area contributed by atoms with E-state index in [1.165, 1.54) is 4.79 Å². The predicted octanol–water partition coefficient (Wildman–Crippen LogP) is -0.403. The summed E-state index contributed by atoms with van der Waals surface area (Å²) in [5.41, 5.74) is 0. The minimum Gasteiger partial charge on any atom is -0.323 e. The zero-order valence-corrected chi connectivity index (χ0v) is 3.20. The monoisotopic (exact) mass is 84.0 g/mol. The summed E-state index contributed by atoms with van der Waals surface area (Å²) < 4.78 is 0. The van der Waals surface area contributed by atoms with Crippen LogP contribution >= 0.6 is 0 Å². The summed E-state index contributed by atoms with van der Waals surface area (Å²) in [7, 11) is 0. The van der Waals surface area contributed by atoms with Crippen LogP contribution in [0.5, 0.6) is 0 Å². The Morgan fingerprint density at radius 2 is 2.50 bits per heavy atom. The first-order valence-electron chi connectivity index (χ1n) is 1.64. The van der Waals surface area contributed by atoms with Gasteiger partial charge in [-0.3, -0.25) is 0 Å². The topological polar surface area (TPSA) is 43.8 Å². The molecule has 1 heterocycles. The first-order chi connectivity index (χ1) is 2.89. The minimum absolute atomic E-state index is 1.25. The molecule has 0 radical (unpaired) electrons. The number of hydrogen-bond acceptors (Lipinski definition) is 2. The maximum Gasteiger partial charge on any atom is 0.0510 e. The summed E-state index contributed by atoms with van der Waals surface area (Å²) >= 11 is 0. The standard InChI is InChI=1S/C3H5N3/c4-6-3-1-2-5-6/h1-3H,4H2/i4+1. The Kier molecular flexibility index (Phi) is 0.538. The van der Waals surface area contributed by atoms with Crippen LogP contribution in [-0.2, 0) is 0 Å². The molecule has 32 valence electrons. The maximum absolute atomic E-state index is 5.08. The van der Waals surface area contributed by atoms with Crippen LogP contribution in [0.1, 0.15) is 0 Å². The van der Waals surface area contributed by atoms with Crippen molar-refractivity contribution >= 4 is 0 Å². The van der Waals surface area contributed by atoms with E-state index in [9.17, 15) is 0 Å². The Bertz CT molecular complexity index is 110. The fourth-order valence-corrected chi connectivity index (χ4v) is 0.281. The summed E-state index contributed by atoms with van der Waals surface area (Å²) in [4.78, 5) is 1.25. The summed E-state index contributed by atoms with van der Waals surface area (Å²) in [6.45, 7) is 0. The van der Waals surface area contributed by atoms with E-state index in [-0.39, 0.29) is 0 Å². The third kappa shape index (κ3) is 0.337. The minimum atomic E-state index is 1.25. The van der Waals surface area contributed by atoms with Crippen LogP contribution in [0.25, 0.3) is 0 Å². The molecule has 3 heteroatoms. The first kappa shape index (κ1) is 3.21. The summed E-state index contributed by atoms with van der Waals surface area (Å²) in [5.74, 6) is 5.08. The molecule has 0 unspecified atom stereocenters. The number of hydrogen-bond donors (Lipinski definition) is 1. The van der Waals surface area contributed by atoms with Crippen LogP contribution in [0.2, 0.25) is 0 Å². The van der Waals surface area contributed by atoms with E-state index >= 15 is 0 Å². The van der Waals surface area contributed by atoms with Gasteiger partial charge in [0.15, 0.2) is 0 Å². The molecule has 0 saturated heterocycles. The van der Waals surface area contributed by atoms with Crippen LogP contribution in [0.15, 0.2) is 18.5 Å². The van der Waals surface area contributed by atoms with E-state index in [4.69, 9.17) is 5.84 Å². The lowest BCUT2D eigenvalue weighted by Crippen LogP contribution is -2.06. The van der Waals surface area contributed by atoms with Crippen molar-refractivity contribution in [1.82, 2.24) is 9.89 Å². The Morgan fingerprint density at radius 1 is 1.67 bits per heavy atom. The highest BCUT2D eigenvalue weighted by molar-refractivity contribution is 4.76. The number of aromatic nitrogens is 2. The highest BCUT2D eigenvalue weighted by Crippen LogP contribution is 1.70. The van der Waals surface area contributed by atoms with E-state index in [2.05, 4.69) is 5.10 Å². The average molecular weight is 84.1 g/mol. The van der Waals surface area contributed by atoms with Gasteiger partial charge in [-0.2, -0.15) is 9.89 Å². The second-order valence-corrected chi connectivity index (χ2v) is 0.986. The van der Waals surface area contributed by atoms with Gasteiger partial charge in [0, 0.05) is 6.20 Å². The average Bonchev–Trinajstić information content (AvgIpc) is 1.86. The molecule has 1 aromatic heterocycles. The van der Waals surface area contributed by atoms with E-state index < -0.39 is 0 Å². The van der Waals surface area contributed by atoms with Crippen LogP contribution in [0, 0.1) is 0 Å². The molecule has 0 amide bonds. The molecule has 0 aromatic carbocycles. The van der Waals surface area contributed by atoms with Crippen molar-refractivity contribution in [3.8, 4) is 0 Å². The fourth-order valence-electron chi connectivity index (χ4n) is 0.281. The second kappa shape index (κ2) is 1.01. The Balaban J connectivity index is 3.05. The molecule has 1 rings (SSSR count). The molecule has 0 bridgehead atoms. The molecule has 0 aliphatic rings. The van der Waals surface area contributed by atoms with Gasteiger partial charge in [-0.25, -0.2) is 0 Å². The summed E-state index contributed by atoms with van der Waals surface area (Å²) in [6, 6.07) is 1.76. The van der Waals surface area contributed by atoms with Crippen molar-refractivity contribution in [3.05, 3.63) is 18.5 Å². The van der Waals surface area contributed by atoms with Crippen molar-refractivity contribution in [3.63, 3.8) is 0 Å². The van der Waals surface area contributed by atoms with E-state index in [0.717, 1.165) is 0 Å². The molecule has 6 heavy (non-hydrogen) atoms. The predicted molar refractivity (Wildman–Crippen MR) is 22.4 cm³/mol. The van der Waals surface area contributed by atoms with Crippen LogP contribution in [0.3, 0.4) is 0 Å². The fraction of sp³-hybridized carbons (Fsp3) is 0. The molecular weight excluding hydrogens is 79.0 g/mol. The van der Waals surface area contributed by atoms with Gasteiger partial charge in [0.05, 0.1) is 6.20 Å². The zero-order valence-electron chi connectivity index (χ0n) is 3.20. The largest absolute Gasteiger partial charge is 0.323 e. The zero-order chi connectivity index (χ0) is 4.41. The first-order valence-corrected chi connectivity index (χ1v) is 1.64. The van der Waals surface area contributed by atoms with Gasteiger partial charge < -0.3 is 5.84 Å². The van der Waals surface area contributed by atoms with Gasteiger partial charge in [-0.15, -0.1) is 0 Å². The Morgan fingerprint density at radius 3 is 2.67 bits per heavy atom. The SMILES string of the molecule is [15NH2]n1cccn1. The van der Waals surface area contributed by atoms with Crippen LogP contribution in [-0.4, -0.2) is 9.89 Å². The summed E-state index contributed by atoms with van der Waals surface area (Å²) in [6.07, 6.45) is 3.29. The normalized spacial score (nSPS) is 8.67. The number of nitrogen functional groups attached to an aromatic ring is 1. The van der Waals surface area contributed by atoms with E-state index in [1.807, 2.05) is 0 Å². The lowest BCUT2D eigenvalue weighted by atomic mass is 10.8. The quantitative estimate of drug-likeness (QED) is 0.343. The molecule has 2 N–H and O–H groups in total. The molecular formula is C3H5N3. The number of nitrogens with two attached hydrogens (primary N) is 1. The second-order valence-electron chi connectivity index (χ2n) is 0.986. The van der Waals surface area contributed by atoms with Gasteiger partial charge in [-0.1, -0.05) is 0 Å². The van der Waals surface area contributed by atoms with Crippen LogP contribution < -0.4 is 5.84 Å². The van der Waals surface area contributed by atoms with Gasteiger partial charge in [0.2, 0.25) is 0 Å². The molecule has 0 aliphatic carbocycles. The van der Waals surface area contributed by atoms with Crippen molar-refractivity contribution in [1.29, 1.82) is 0 Å². The Labute approximate surface area is 35.3 Å². The number of nitrogens with zero attached hydrogens (tertiary/aromatic N) is 2. The summed E-state index contributed by atoms with van der Waals surface area (Å²) in [5, 5.41) is 3.61. The van der Waals surface area contributed by atoms with Gasteiger partial charge in [0.1, 0.15) is 0 Å². The van der Waals surface area contributed by atoms with Gasteiger partial charge in [-0.05, 0) is 6.07 Å². The van der Waals surface area contributed by atoms with Crippen LogP contribution in [0.4, 0.5) is 0 Å². The van der Waals surface area contributed by atoms with Crippen molar-refractivity contribution in [2.75, 3.05) is 5.84 Å². The number of rotatable bonds is 0. The van der Waals surface area contributed by atoms with Crippen molar-refractivity contribution in [2.24, 2.45) is 0 Å². The lowest BCUT2D eigenvalue weighted by molar-refractivity contribution is 0.832. The molecule has 3 nitrogen and oxygen atoms in total. The van der Waals surface area contributed by atoms with E-state index in [0.29, 0.717) is 0 Å². The highest BCUT2D eigenvalue weighted by Gasteiger charge is 1.69. The lowest BCUT2D eigenvalue weighted by Gasteiger charge is -1.78. The van der Waals surface area contributed by atoms with Crippen molar-refractivity contribution in [2.45, 2.75) is 0 Å². The van der Waals surface area contributed by atoms with E-state index in [1.54, 1.807) is 18.5 Å². The highest BCUT2D eigenvalue weighted by atomic mass is 15.8. The molecule has 0 atom stereocenters. The smallest absolute Gasteiger partial charge is 0.0510 e. The molecule has 0 saturated carbocycles. The molecule has 0 aliphatic heterocycles. The van der Waals surface area contributed by atoms with Gasteiger partial charge in [0.25, 0.3) is 0 Å². The maximum atomic E-state index is 5.08. The Hall–Kier alpha value is -0.990. The molecule has 0 spiro atoms. The molecule has 0 fully saturated rings. The third-order valence-corrected chi connectivity index (χ3v) is 0.525. The van der Waals surface area contributed by atoms with Crippen molar-refractivity contribution < 1.29 is 0 Å². The molecule has 1 aromatic rings. The third-order valence-electron chi connectivity index (χ3n) is 0.525.